The molecule has 0 unspecified atom stereocenters. The second-order valence-electron chi connectivity index (χ2n) is 14.0. The van der Waals surface area contributed by atoms with Crippen molar-refractivity contribution < 1.29 is 0 Å². The van der Waals surface area contributed by atoms with Crippen LogP contribution in [0.5, 0.6) is 0 Å². The van der Waals surface area contributed by atoms with Gasteiger partial charge in [0.25, 0.3) is 0 Å². The molecule has 0 aliphatic heterocycles. The fourth-order valence-electron chi connectivity index (χ4n) is 7.27. The predicted molar refractivity (Wildman–Crippen MR) is 219 cm³/mol. The van der Waals surface area contributed by atoms with Gasteiger partial charge in [0, 0.05) is 45.1 Å². The minimum Gasteiger partial charge on any atom is -0.311 e. The monoisotopic (exact) mass is 666 g/mol. The molecular formula is C49H50N2. The summed E-state index contributed by atoms with van der Waals surface area (Å²) in [5, 5.41) is 0. The number of allylic oxidation sites excluding steroid dienone is 12. The van der Waals surface area contributed by atoms with Gasteiger partial charge in [-0.15, -0.1) is 11.5 Å². The van der Waals surface area contributed by atoms with Gasteiger partial charge in [0.05, 0.1) is 0 Å². The van der Waals surface area contributed by atoms with Gasteiger partial charge >= 0.3 is 0 Å². The molecule has 0 N–H and O–H groups in total. The third-order valence-electron chi connectivity index (χ3n) is 10.1. The first-order chi connectivity index (χ1) is 24.8. The van der Waals surface area contributed by atoms with E-state index in [1.54, 1.807) is 0 Å². The smallest absolute Gasteiger partial charge is 0.0468 e. The van der Waals surface area contributed by atoms with Crippen molar-refractivity contribution >= 4 is 17.1 Å². The Kier molecular flexibility index (Phi) is 11.1. The second-order valence-corrected chi connectivity index (χ2v) is 14.0. The predicted octanol–water partition coefficient (Wildman–Crippen LogP) is 13.3. The highest BCUT2D eigenvalue weighted by atomic mass is 15.2. The van der Waals surface area contributed by atoms with E-state index in [-0.39, 0.29) is 5.41 Å². The Morgan fingerprint density at radius 1 is 0.667 bits per heavy atom. The van der Waals surface area contributed by atoms with Crippen LogP contribution >= 0.6 is 0 Å². The first-order valence-electron chi connectivity index (χ1n) is 18.3. The van der Waals surface area contributed by atoms with Crippen LogP contribution in [0.25, 0.3) is 0 Å². The van der Waals surface area contributed by atoms with Crippen LogP contribution in [0.4, 0.5) is 17.1 Å². The molecule has 0 radical (unpaired) electrons. The molecule has 3 aromatic rings. The van der Waals surface area contributed by atoms with Crippen molar-refractivity contribution in [2.75, 3.05) is 9.80 Å². The average Bonchev–Trinajstić information content (AvgIpc) is 3.53. The summed E-state index contributed by atoms with van der Waals surface area (Å²) >= 11 is 0. The molecule has 6 rings (SSSR count). The minimum atomic E-state index is -0.106. The molecule has 0 saturated heterocycles. The van der Waals surface area contributed by atoms with Gasteiger partial charge in [0.2, 0.25) is 0 Å². The third kappa shape index (κ3) is 8.11. The molecule has 0 bridgehead atoms. The lowest BCUT2D eigenvalue weighted by atomic mass is 9.65. The van der Waals surface area contributed by atoms with Crippen LogP contribution in [0, 0.1) is 13.8 Å². The molecule has 0 atom stereocenters. The molecule has 2 heteroatoms. The van der Waals surface area contributed by atoms with E-state index >= 15 is 0 Å². The van der Waals surface area contributed by atoms with E-state index in [0.717, 1.165) is 58.1 Å². The van der Waals surface area contributed by atoms with E-state index in [0.29, 0.717) is 0 Å². The van der Waals surface area contributed by atoms with Crippen LogP contribution in [-0.4, -0.2) is 0 Å². The van der Waals surface area contributed by atoms with Gasteiger partial charge in [0.15, 0.2) is 0 Å². The molecule has 1 fully saturated rings. The van der Waals surface area contributed by atoms with E-state index < -0.39 is 0 Å². The van der Waals surface area contributed by atoms with Crippen LogP contribution in [0.2, 0.25) is 0 Å². The van der Waals surface area contributed by atoms with E-state index in [2.05, 4.69) is 189 Å². The lowest BCUT2D eigenvalue weighted by molar-refractivity contribution is 0.345. The Morgan fingerprint density at radius 2 is 1.22 bits per heavy atom. The summed E-state index contributed by atoms with van der Waals surface area (Å²) in [6.45, 7) is 14.6. The van der Waals surface area contributed by atoms with Crippen molar-refractivity contribution in [2.24, 2.45) is 0 Å². The number of nitrogens with zero attached hydrogens (tertiary/aromatic N) is 2. The van der Waals surface area contributed by atoms with E-state index in [1.165, 1.54) is 41.5 Å². The lowest BCUT2D eigenvalue weighted by Gasteiger charge is -2.39. The number of hydrogen-bond donors (Lipinski definition) is 0. The summed E-state index contributed by atoms with van der Waals surface area (Å²) in [6.07, 6.45) is 29.7. The molecule has 2 nitrogen and oxygen atoms in total. The minimum absolute atomic E-state index is 0.106. The average molecular weight is 667 g/mol. The van der Waals surface area contributed by atoms with E-state index in [4.69, 9.17) is 0 Å². The fraction of sp³-hybridized carbons (Fsp3) is 0.224. The summed E-state index contributed by atoms with van der Waals surface area (Å²) < 4.78 is 0. The molecule has 3 aromatic carbocycles. The summed E-state index contributed by atoms with van der Waals surface area (Å²) in [6, 6.07) is 26.9. The summed E-state index contributed by atoms with van der Waals surface area (Å²) in [5.74, 6) is 0. The highest BCUT2D eigenvalue weighted by Gasteiger charge is 2.37. The molecule has 1 saturated carbocycles. The normalized spacial score (nSPS) is 16.9. The number of hydrogen-bond acceptors (Lipinski definition) is 2. The number of anilines is 3. The van der Waals surface area contributed by atoms with Crippen molar-refractivity contribution in [3.8, 4) is 0 Å². The van der Waals surface area contributed by atoms with Crippen LogP contribution in [0.1, 0.15) is 69.6 Å². The Bertz CT molecular complexity index is 2070. The van der Waals surface area contributed by atoms with Crippen LogP contribution in [0.3, 0.4) is 0 Å². The molecule has 3 aliphatic rings. The quantitative estimate of drug-likeness (QED) is 0.157. The summed E-state index contributed by atoms with van der Waals surface area (Å²) in [7, 11) is 0. The van der Waals surface area contributed by atoms with Crippen molar-refractivity contribution in [1.82, 2.24) is 0 Å². The van der Waals surface area contributed by atoms with Gasteiger partial charge in [-0.2, -0.15) is 0 Å². The zero-order valence-corrected chi connectivity index (χ0v) is 30.9. The lowest BCUT2D eigenvalue weighted by Crippen LogP contribution is -2.30. The zero-order chi connectivity index (χ0) is 35.8. The summed E-state index contributed by atoms with van der Waals surface area (Å²) in [5.41, 5.74) is 20.9. The standard InChI is InChI=1S/C49H50N2/c1-7-43(26-17-37(2)3)50(46-28-19-39(5)20-29-46)48-33-24-42(25-34-48)49(35-9-8-10-36-49)41-14-12-16-45(32-23-41)51(47-30-21-40(6)22-31-47)44-15-11-13-38(4)18-27-44/h7,11-12,15-34H,2,8-10,35-36H2,1,3-6H3/b26-17-,43-7+. The second kappa shape index (κ2) is 16.0. The Balaban J connectivity index is 1.36. The third-order valence-corrected chi connectivity index (χ3v) is 10.1. The molecular weight excluding hydrogens is 617 g/mol. The van der Waals surface area contributed by atoms with Gasteiger partial charge in [0.1, 0.15) is 0 Å². The van der Waals surface area contributed by atoms with Crippen molar-refractivity contribution in [1.29, 1.82) is 0 Å². The van der Waals surface area contributed by atoms with Gasteiger partial charge in [-0.1, -0.05) is 91.1 Å². The van der Waals surface area contributed by atoms with Gasteiger partial charge in [-0.3, -0.25) is 0 Å². The topological polar surface area (TPSA) is 6.48 Å². The van der Waals surface area contributed by atoms with Gasteiger partial charge in [-0.05, 0) is 150 Å². The first-order valence-corrected chi connectivity index (χ1v) is 18.3. The van der Waals surface area contributed by atoms with Crippen LogP contribution < -0.4 is 9.80 Å². The molecule has 51 heavy (non-hydrogen) atoms. The van der Waals surface area contributed by atoms with E-state index in [9.17, 15) is 0 Å². The molecule has 3 aliphatic carbocycles. The number of rotatable bonds is 10. The molecule has 256 valence electrons. The molecule has 0 aromatic heterocycles. The Labute approximate surface area is 306 Å². The molecule has 0 heterocycles. The fourth-order valence-corrected chi connectivity index (χ4v) is 7.27. The van der Waals surface area contributed by atoms with Crippen molar-refractivity contribution in [2.45, 2.75) is 72.1 Å². The Hall–Kier alpha value is -5.52. The van der Waals surface area contributed by atoms with E-state index in [1.807, 2.05) is 13.0 Å². The molecule has 0 spiro atoms. The van der Waals surface area contributed by atoms with Crippen LogP contribution in [-0.2, 0) is 5.41 Å². The number of aryl methyl sites for hydroxylation is 2. The molecule has 0 amide bonds. The largest absolute Gasteiger partial charge is 0.311 e. The van der Waals surface area contributed by atoms with Crippen molar-refractivity contribution in [3.63, 3.8) is 0 Å². The summed E-state index contributed by atoms with van der Waals surface area (Å²) in [4.78, 5) is 4.66. The Morgan fingerprint density at radius 3 is 1.80 bits per heavy atom. The van der Waals surface area contributed by atoms with Crippen LogP contribution in [0.15, 0.2) is 191 Å². The highest BCUT2D eigenvalue weighted by molar-refractivity contribution is 5.71. The SMILES string of the molecule is C=C(C)/C=C\C(=C/C)N(c1ccc(C)cc1)c1ccc(C2(C3=C=CC=C(N(C4=CC=C=C(C)C=C4)c4ccc(C)cc4)C=C3)CCCCC2)cc1. The van der Waals surface area contributed by atoms with Gasteiger partial charge in [-0.25, -0.2) is 0 Å². The maximum Gasteiger partial charge on any atom is 0.0468 e. The maximum absolute atomic E-state index is 4.10. The maximum atomic E-state index is 4.10. The zero-order valence-electron chi connectivity index (χ0n) is 30.9. The number of benzene rings is 3. The first kappa shape index (κ1) is 35.3. The highest BCUT2D eigenvalue weighted by Crippen LogP contribution is 2.47. The van der Waals surface area contributed by atoms with Gasteiger partial charge < -0.3 is 9.80 Å². The van der Waals surface area contributed by atoms with Crippen molar-refractivity contribution in [3.05, 3.63) is 208 Å².